The van der Waals surface area contributed by atoms with Gasteiger partial charge in [-0.25, -0.2) is 14.0 Å². The number of urea groups is 1. The number of hydrogen-bond donors (Lipinski definition) is 2. The Labute approximate surface area is 234 Å². The van der Waals surface area contributed by atoms with E-state index in [2.05, 4.69) is 5.32 Å². The van der Waals surface area contributed by atoms with Crippen LogP contribution in [0.3, 0.4) is 0 Å². The van der Waals surface area contributed by atoms with Gasteiger partial charge in [-0.2, -0.15) is 0 Å². The molecule has 2 N–H and O–H groups in total. The Kier molecular flexibility index (Phi) is 12.2. The first-order chi connectivity index (χ1) is 19.3. The average molecular weight is 553 g/mol. The molecule has 0 aliphatic heterocycles. The third-order valence-electron chi connectivity index (χ3n) is 6.08. The summed E-state index contributed by atoms with van der Waals surface area (Å²) < 4.78 is 29.9. The third-order valence-corrected chi connectivity index (χ3v) is 6.08. The molecule has 40 heavy (non-hydrogen) atoms. The molecular weight excluding hydrogens is 515 g/mol. The first kappa shape index (κ1) is 30.4. The summed E-state index contributed by atoms with van der Waals surface area (Å²) in [5.74, 6) is -0.0765. The number of benzene rings is 3. The van der Waals surface area contributed by atoms with Crippen LogP contribution < -0.4 is 14.8 Å². The number of aryl methyl sites for hydroxylation is 1. The van der Waals surface area contributed by atoms with Crippen LogP contribution in [0, 0.1) is 12.7 Å². The second kappa shape index (κ2) is 16.1. The van der Waals surface area contributed by atoms with Crippen molar-refractivity contribution in [2.75, 3.05) is 38.2 Å². The average Bonchev–Trinajstić information content (AvgIpc) is 2.93. The van der Waals surface area contributed by atoms with Gasteiger partial charge in [0, 0.05) is 25.3 Å². The molecule has 0 aliphatic rings. The van der Waals surface area contributed by atoms with Crippen LogP contribution in [-0.4, -0.2) is 61.0 Å². The van der Waals surface area contributed by atoms with Crippen LogP contribution in [0.5, 0.6) is 11.5 Å². The molecule has 1 atom stereocenters. The number of nitrogens with one attached hydrogen (secondary N) is 1. The number of hydrogen-bond acceptors (Lipinski definition) is 5. The molecule has 3 aromatic carbocycles. The van der Waals surface area contributed by atoms with E-state index in [1.165, 1.54) is 12.1 Å². The van der Waals surface area contributed by atoms with Gasteiger partial charge in [0.25, 0.3) is 0 Å². The second-order valence-electron chi connectivity index (χ2n) is 9.27. The lowest BCUT2D eigenvalue weighted by Gasteiger charge is -2.23. The van der Waals surface area contributed by atoms with Gasteiger partial charge < -0.3 is 29.5 Å². The summed E-state index contributed by atoms with van der Waals surface area (Å²) in [5, 5.41) is 12.2. The number of amides is 2. The van der Waals surface area contributed by atoms with Crippen LogP contribution in [0.15, 0.2) is 72.8 Å². The van der Waals surface area contributed by atoms with Crippen molar-refractivity contribution in [1.29, 1.82) is 0 Å². The van der Waals surface area contributed by atoms with E-state index in [1.807, 2.05) is 43.3 Å². The largest absolute Gasteiger partial charge is 0.494 e. The summed E-state index contributed by atoms with van der Waals surface area (Å²) in [4.78, 5) is 26.1. The number of aliphatic carboxylic acids is 1. The molecule has 0 spiro atoms. The van der Waals surface area contributed by atoms with E-state index >= 15 is 0 Å². The van der Waals surface area contributed by atoms with Gasteiger partial charge in [-0.3, -0.25) is 0 Å². The molecule has 0 radical (unpaired) electrons. The van der Waals surface area contributed by atoms with Crippen LogP contribution in [-0.2, 0) is 16.0 Å². The quantitative estimate of drug-likeness (QED) is 0.214. The molecular formula is C31H37FN2O6. The lowest BCUT2D eigenvalue weighted by atomic mass is 10.1. The monoisotopic (exact) mass is 552 g/mol. The maximum atomic E-state index is 13.1. The molecule has 214 valence electrons. The minimum absolute atomic E-state index is 0.223. The number of ether oxygens (including phenoxy) is 3. The number of carbonyl (C=O) groups is 2. The van der Waals surface area contributed by atoms with Crippen molar-refractivity contribution in [3.8, 4) is 11.5 Å². The van der Waals surface area contributed by atoms with E-state index in [0.29, 0.717) is 50.6 Å². The zero-order valence-corrected chi connectivity index (χ0v) is 23.0. The molecule has 3 aromatic rings. The van der Waals surface area contributed by atoms with Gasteiger partial charge in [0.1, 0.15) is 23.9 Å². The Hall–Kier alpha value is -4.11. The normalized spacial score (nSPS) is 11.5. The molecule has 0 saturated carbocycles. The van der Waals surface area contributed by atoms with Gasteiger partial charge in [-0.05, 0) is 86.3 Å². The summed E-state index contributed by atoms with van der Waals surface area (Å²) in [5.41, 5.74) is 2.60. The predicted octanol–water partition coefficient (Wildman–Crippen LogP) is 5.94. The van der Waals surface area contributed by atoms with Crippen LogP contribution >= 0.6 is 0 Å². The SMILES string of the molecule is CCOC(Cc1ccc(OCCN(CCCCOc2ccc(F)cc2)C(=O)Nc2cccc(C)c2)cc1)C(=O)O. The van der Waals surface area contributed by atoms with Gasteiger partial charge in [0.2, 0.25) is 0 Å². The Morgan fingerprint density at radius 3 is 2.25 bits per heavy atom. The Morgan fingerprint density at radius 1 is 0.925 bits per heavy atom. The molecule has 0 aromatic heterocycles. The highest BCUT2D eigenvalue weighted by Crippen LogP contribution is 2.16. The maximum absolute atomic E-state index is 13.1. The van der Waals surface area contributed by atoms with Crippen LogP contribution in [0.2, 0.25) is 0 Å². The summed E-state index contributed by atoms with van der Waals surface area (Å²) in [6.45, 7) is 5.65. The molecule has 3 rings (SSSR count). The fraction of sp³-hybridized carbons (Fsp3) is 0.355. The molecule has 1 unspecified atom stereocenters. The van der Waals surface area contributed by atoms with Crippen LogP contribution in [0.25, 0.3) is 0 Å². The Balaban J connectivity index is 1.51. The lowest BCUT2D eigenvalue weighted by molar-refractivity contribution is -0.149. The third kappa shape index (κ3) is 10.6. The fourth-order valence-corrected chi connectivity index (χ4v) is 3.99. The molecule has 2 amide bonds. The number of carboxylic acids is 1. The maximum Gasteiger partial charge on any atom is 0.333 e. The topological polar surface area (TPSA) is 97.3 Å². The van der Waals surface area contributed by atoms with Crippen molar-refractivity contribution in [1.82, 2.24) is 4.90 Å². The molecule has 9 heteroatoms. The molecule has 0 heterocycles. The van der Waals surface area contributed by atoms with Gasteiger partial charge in [0.05, 0.1) is 13.2 Å². The number of halogens is 1. The predicted molar refractivity (Wildman–Crippen MR) is 152 cm³/mol. The van der Waals surface area contributed by atoms with E-state index in [1.54, 1.807) is 36.1 Å². The van der Waals surface area contributed by atoms with Crippen LogP contribution in [0.4, 0.5) is 14.9 Å². The Morgan fingerprint density at radius 2 is 1.60 bits per heavy atom. The highest BCUT2D eigenvalue weighted by atomic mass is 19.1. The van der Waals surface area contributed by atoms with Crippen molar-refractivity contribution < 1.29 is 33.3 Å². The number of rotatable bonds is 16. The van der Waals surface area contributed by atoms with E-state index < -0.39 is 12.1 Å². The first-order valence-corrected chi connectivity index (χ1v) is 13.4. The molecule has 0 bridgehead atoms. The van der Waals surface area contributed by atoms with Gasteiger partial charge in [-0.15, -0.1) is 0 Å². The highest BCUT2D eigenvalue weighted by Gasteiger charge is 2.18. The highest BCUT2D eigenvalue weighted by molar-refractivity contribution is 5.89. The molecule has 0 aliphatic carbocycles. The van der Waals surface area contributed by atoms with Crippen molar-refractivity contribution in [3.05, 3.63) is 89.7 Å². The second-order valence-corrected chi connectivity index (χ2v) is 9.27. The van der Waals surface area contributed by atoms with Gasteiger partial charge >= 0.3 is 12.0 Å². The van der Waals surface area contributed by atoms with Crippen LogP contribution in [0.1, 0.15) is 30.9 Å². The fourth-order valence-electron chi connectivity index (χ4n) is 3.99. The number of carbonyl (C=O) groups excluding carboxylic acids is 1. The van der Waals surface area contributed by atoms with Gasteiger partial charge in [-0.1, -0.05) is 24.3 Å². The lowest BCUT2D eigenvalue weighted by Crippen LogP contribution is -2.38. The van der Waals surface area contributed by atoms with Gasteiger partial charge in [0.15, 0.2) is 6.10 Å². The molecule has 0 fully saturated rings. The number of unbranched alkanes of at least 4 members (excludes halogenated alkanes) is 1. The van der Waals surface area contributed by atoms with Crippen molar-refractivity contribution >= 4 is 17.7 Å². The molecule has 8 nitrogen and oxygen atoms in total. The summed E-state index contributed by atoms with van der Waals surface area (Å²) in [6, 6.07) is 20.5. The minimum atomic E-state index is -0.992. The zero-order valence-electron chi connectivity index (χ0n) is 23.0. The van der Waals surface area contributed by atoms with E-state index in [4.69, 9.17) is 14.2 Å². The standard InChI is InChI=1S/C31H37FN2O6/c1-3-38-29(30(35)36)22-24-9-13-27(14-10-24)40-20-18-34(31(37)33-26-8-6-7-23(2)21-26)17-4-5-19-39-28-15-11-25(32)12-16-28/h6-16,21,29H,3-5,17-20,22H2,1-2H3,(H,33,37)(H,35,36). The summed E-state index contributed by atoms with van der Waals surface area (Å²) in [7, 11) is 0. The van der Waals surface area contributed by atoms with Crippen molar-refractivity contribution in [2.24, 2.45) is 0 Å². The van der Waals surface area contributed by atoms with Crippen molar-refractivity contribution in [3.63, 3.8) is 0 Å². The van der Waals surface area contributed by atoms with E-state index in [0.717, 1.165) is 16.8 Å². The number of anilines is 1. The number of carboxylic acid groups (broad SMARTS) is 1. The smallest absolute Gasteiger partial charge is 0.333 e. The first-order valence-electron chi connectivity index (χ1n) is 13.4. The molecule has 0 saturated heterocycles. The Bertz CT molecular complexity index is 1200. The minimum Gasteiger partial charge on any atom is -0.494 e. The van der Waals surface area contributed by atoms with Crippen molar-refractivity contribution in [2.45, 2.75) is 39.2 Å². The van der Waals surface area contributed by atoms with E-state index in [-0.39, 0.29) is 24.9 Å². The number of nitrogens with zero attached hydrogens (tertiary/aromatic N) is 1. The summed E-state index contributed by atoms with van der Waals surface area (Å²) in [6.07, 6.45) is 0.800. The zero-order chi connectivity index (χ0) is 28.7. The summed E-state index contributed by atoms with van der Waals surface area (Å²) >= 11 is 0. The van der Waals surface area contributed by atoms with E-state index in [9.17, 15) is 19.1 Å².